The van der Waals surface area contributed by atoms with Crippen molar-refractivity contribution in [2.24, 2.45) is 11.6 Å². The molecule has 0 fully saturated rings. The fourth-order valence-electron chi connectivity index (χ4n) is 2.92. The number of benzene rings is 2. The number of nitrogens with two attached hydrogens (primary N) is 2. The number of rotatable bonds is 1. The van der Waals surface area contributed by atoms with Crippen molar-refractivity contribution in [3.05, 3.63) is 65.2 Å². The standard InChI is InChI=1S/C17H20N4.C2H6/c1-20-11-12-7-3-4-8-13(12)16(18)17(21(2)19)14-9-5-6-10-15(14)20;1-2/h3-10H,11,18-19H2,1-2H3;1-2H3/b17-16-;. The van der Waals surface area contributed by atoms with E-state index in [9.17, 15) is 0 Å². The van der Waals surface area contributed by atoms with E-state index in [1.54, 1.807) is 5.01 Å². The summed E-state index contributed by atoms with van der Waals surface area (Å²) < 4.78 is 0. The van der Waals surface area contributed by atoms with Crippen LogP contribution in [0.5, 0.6) is 0 Å². The molecule has 122 valence electrons. The highest BCUT2D eigenvalue weighted by Crippen LogP contribution is 2.35. The van der Waals surface area contributed by atoms with Crippen molar-refractivity contribution in [3.63, 3.8) is 0 Å². The van der Waals surface area contributed by atoms with E-state index in [1.807, 2.05) is 45.2 Å². The Kier molecular flexibility index (Phi) is 5.29. The van der Waals surface area contributed by atoms with E-state index < -0.39 is 0 Å². The minimum absolute atomic E-state index is 0.719. The molecule has 0 spiro atoms. The lowest BCUT2D eigenvalue weighted by Gasteiger charge is -2.30. The molecule has 2 aromatic rings. The molecule has 4 N–H and O–H groups in total. The van der Waals surface area contributed by atoms with Gasteiger partial charge in [0.15, 0.2) is 0 Å². The van der Waals surface area contributed by atoms with Gasteiger partial charge in [-0.25, -0.2) is 5.84 Å². The van der Waals surface area contributed by atoms with Crippen molar-refractivity contribution in [1.82, 2.24) is 5.01 Å². The average Bonchev–Trinajstić information content (AvgIpc) is 2.56. The van der Waals surface area contributed by atoms with E-state index in [2.05, 4.69) is 36.2 Å². The predicted octanol–water partition coefficient (Wildman–Crippen LogP) is 3.25. The lowest BCUT2D eigenvalue weighted by atomic mass is 9.96. The summed E-state index contributed by atoms with van der Waals surface area (Å²) >= 11 is 0. The zero-order chi connectivity index (χ0) is 17.0. The first-order chi connectivity index (χ1) is 11.1. The second-order valence-corrected chi connectivity index (χ2v) is 5.40. The minimum Gasteiger partial charge on any atom is -0.396 e. The Hall–Kier alpha value is -2.46. The number of nitrogens with zero attached hydrogens (tertiary/aromatic N) is 2. The summed E-state index contributed by atoms with van der Waals surface area (Å²) in [5, 5.41) is 1.60. The topological polar surface area (TPSA) is 58.5 Å². The lowest BCUT2D eigenvalue weighted by Crippen LogP contribution is -2.30. The Balaban J connectivity index is 0.000000924. The van der Waals surface area contributed by atoms with Crippen LogP contribution >= 0.6 is 0 Å². The molecular weight excluding hydrogens is 284 g/mol. The van der Waals surface area contributed by atoms with Crippen molar-refractivity contribution < 1.29 is 0 Å². The first-order valence-electron chi connectivity index (χ1n) is 7.96. The molecule has 0 bridgehead atoms. The number of anilines is 1. The highest BCUT2D eigenvalue weighted by atomic mass is 15.4. The molecule has 0 atom stereocenters. The molecule has 0 unspecified atom stereocenters. The van der Waals surface area contributed by atoms with Crippen molar-refractivity contribution in [1.29, 1.82) is 0 Å². The van der Waals surface area contributed by atoms with Gasteiger partial charge in [-0.2, -0.15) is 0 Å². The molecule has 0 saturated carbocycles. The van der Waals surface area contributed by atoms with E-state index in [0.717, 1.165) is 34.8 Å². The molecule has 1 aliphatic rings. The molecule has 0 amide bonds. The summed E-state index contributed by atoms with van der Waals surface area (Å²) in [5.41, 5.74) is 12.5. The lowest BCUT2D eigenvalue weighted by molar-refractivity contribution is 0.511. The molecule has 0 saturated heterocycles. The van der Waals surface area contributed by atoms with Gasteiger partial charge in [0.25, 0.3) is 0 Å². The van der Waals surface area contributed by atoms with Crippen LogP contribution in [0.15, 0.2) is 48.5 Å². The van der Waals surface area contributed by atoms with Crippen LogP contribution in [0.4, 0.5) is 5.69 Å². The average molecular weight is 310 g/mol. The largest absolute Gasteiger partial charge is 0.396 e. The molecule has 2 aromatic carbocycles. The van der Waals surface area contributed by atoms with Gasteiger partial charge in [0.1, 0.15) is 0 Å². The van der Waals surface area contributed by atoms with E-state index in [-0.39, 0.29) is 0 Å². The summed E-state index contributed by atoms with van der Waals surface area (Å²) in [6.45, 7) is 4.81. The van der Waals surface area contributed by atoms with Crippen molar-refractivity contribution in [3.8, 4) is 0 Å². The number of para-hydroxylation sites is 1. The van der Waals surface area contributed by atoms with Gasteiger partial charge in [0.2, 0.25) is 0 Å². The van der Waals surface area contributed by atoms with E-state index in [4.69, 9.17) is 11.6 Å². The Bertz CT molecular complexity index is 704. The van der Waals surface area contributed by atoms with Crippen molar-refractivity contribution >= 4 is 17.1 Å². The van der Waals surface area contributed by atoms with E-state index in [1.165, 1.54) is 5.56 Å². The molecule has 4 heteroatoms. The zero-order valence-electron chi connectivity index (χ0n) is 14.4. The maximum Gasteiger partial charge on any atom is 0.0843 e. The normalized spacial score (nSPS) is 16.3. The summed E-state index contributed by atoms with van der Waals surface area (Å²) in [4.78, 5) is 2.23. The fraction of sp³-hybridized carbons (Fsp3) is 0.263. The number of hydrogen-bond acceptors (Lipinski definition) is 4. The van der Waals surface area contributed by atoms with Gasteiger partial charge in [-0.1, -0.05) is 56.3 Å². The molecule has 0 radical (unpaired) electrons. The van der Waals surface area contributed by atoms with E-state index >= 15 is 0 Å². The Morgan fingerprint density at radius 1 is 0.957 bits per heavy atom. The monoisotopic (exact) mass is 310 g/mol. The van der Waals surface area contributed by atoms with Crippen LogP contribution in [0.3, 0.4) is 0 Å². The molecule has 1 aliphatic heterocycles. The van der Waals surface area contributed by atoms with Gasteiger partial charge in [-0.15, -0.1) is 0 Å². The van der Waals surface area contributed by atoms with Crippen LogP contribution in [0.1, 0.15) is 30.5 Å². The maximum absolute atomic E-state index is 6.46. The number of hydrazine groups is 1. The highest BCUT2D eigenvalue weighted by Gasteiger charge is 2.21. The second-order valence-electron chi connectivity index (χ2n) is 5.40. The first-order valence-corrected chi connectivity index (χ1v) is 7.96. The van der Waals surface area contributed by atoms with Gasteiger partial charge in [0.05, 0.1) is 11.4 Å². The van der Waals surface area contributed by atoms with Crippen LogP contribution in [0.25, 0.3) is 11.4 Å². The summed E-state index contributed by atoms with van der Waals surface area (Å²) in [6.07, 6.45) is 0. The Morgan fingerprint density at radius 2 is 1.52 bits per heavy atom. The van der Waals surface area contributed by atoms with Gasteiger partial charge in [-0.3, -0.25) is 0 Å². The molecule has 23 heavy (non-hydrogen) atoms. The van der Waals surface area contributed by atoms with Crippen molar-refractivity contribution in [2.45, 2.75) is 20.4 Å². The highest BCUT2D eigenvalue weighted by molar-refractivity contribution is 5.93. The van der Waals surface area contributed by atoms with Gasteiger partial charge in [-0.05, 0) is 11.6 Å². The fourth-order valence-corrected chi connectivity index (χ4v) is 2.92. The maximum atomic E-state index is 6.46. The predicted molar refractivity (Wildman–Crippen MR) is 99.3 cm³/mol. The molecule has 4 nitrogen and oxygen atoms in total. The van der Waals surface area contributed by atoms with Gasteiger partial charge in [0, 0.05) is 37.5 Å². The quantitative estimate of drug-likeness (QED) is 0.627. The molecule has 1 heterocycles. The first kappa shape index (κ1) is 16.9. The summed E-state index contributed by atoms with van der Waals surface area (Å²) in [6, 6.07) is 16.4. The molecular formula is C19H26N4. The Morgan fingerprint density at radius 3 is 2.17 bits per heavy atom. The van der Waals surface area contributed by atoms with Gasteiger partial charge >= 0.3 is 0 Å². The molecule has 0 aromatic heterocycles. The van der Waals surface area contributed by atoms with Crippen LogP contribution in [-0.2, 0) is 6.54 Å². The second kappa shape index (κ2) is 7.20. The third-order valence-electron chi connectivity index (χ3n) is 3.89. The van der Waals surface area contributed by atoms with E-state index in [0.29, 0.717) is 0 Å². The van der Waals surface area contributed by atoms with Gasteiger partial charge < -0.3 is 15.6 Å². The summed E-state index contributed by atoms with van der Waals surface area (Å²) in [7, 11) is 3.91. The SMILES string of the molecule is CC.CN(N)/C1=C(\N)c2ccccc2CN(C)c2ccccc21. The minimum atomic E-state index is 0.719. The number of hydrogen-bond donors (Lipinski definition) is 2. The van der Waals surface area contributed by atoms with Crippen LogP contribution in [0, 0.1) is 0 Å². The summed E-state index contributed by atoms with van der Waals surface area (Å²) in [5.74, 6) is 6.07. The smallest absolute Gasteiger partial charge is 0.0843 e. The molecule has 3 rings (SSSR count). The number of fused-ring (bicyclic) bond motifs is 2. The Labute approximate surface area is 139 Å². The van der Waals surface area contributed by atoms with Crippen LogP contribution in [0.2, 0.25) is 0 Å². The van der Waals surface area contributed by atoms with Crippen molar-refractivity contribution in [2.75, 3.05) is 19.0 Å². The molecule has 0 aliphatic carbocycles. The third kappa shape index (κ3) is 3.17. The van der Waals surface area contributed by atoms with Crippen LogP contribution < -0.4 is 16.5 Å². The van der Waals surface area contributed by atoms with Crippen LogP contribution in [-0.4, -0.2) is 19.1 Å². The zero-order valence-corrected chi connectivity index (χ0v) is 14.4. The third-order valence-corrected chi connectivity index (χ3v) is 3.89.